The average molecular weight is 471 g/mol. The van der Waals surface area contributed by atoms with E-state index in [1.807, 2.05) is 17.0 Å². The van der Waals surface area contributed by atoms with Gasteiger partial charge in [-0.15, -0.1) is 0 Å². The minimum absolute atomic E-state index is 0.0890. The number of likely N-dealkylation sites (tertiary alicyclic amines) is 1. The predicted molar refractivity (Wildman–Crippen MR) is 130 cm³/mol. The van der Waals surface area contributed by atoms with E-state index in [-0.39, 0.29) is 17.9 Å². The lowest BCUT2D eigenvalue weighted by molar-refractivity contribution is -0.130. The van der Waals surface area contributed by atoms with Crippen molar-refractivity contribution in [2.75, 3.05) is 18.4 Å². The highest BCUT2D eigenvalue weighted by Gasteiger charge is 2.26. The first-order chi connectivity index (χ1) is 16.9. The van der Waals surface area contributed by atoms with E-state index in [1.165, 1.54) is 6.20 Å². The summed E-state index contributed by atoms with van der Waals surface area (Å²) in [5, 5.41) is 22.1. The van der Waals surface area contributed by atoms with Crippen molar-refractivity contribution >= 4 is 22.6 Å². The molecule has 0 aliphatic carbocycles. The molecule has 5 heterocycles. The molecule has 5 rings (SSSR count). The number of carbonyl (C=O) groups is 1. The second-order valence-electron chi connectivity index (χ2n) is 9.11. The summed E-state index contributed by atoms with van der Waals surface area (Å²) in [5.41, 5.74) is 3.57. The third-order valence-electron chi connectivity index (χ3n) is 6.17. The van der Waals surface area contributed by atoms with E-state index >= 15 is 0 Å². The molecule has 0 spiro atoms. The Morgan fingerprint density at radius 1 is 1.23 bits per heavy atom. The van der Waals surface area contributed by atoms with Gasteiger partial charge in [-0.3, -0.25) is 4.79 Å². The van der Waals surface area contributed by atoms with Crippen molar-refractivity contribution < 1.29 is 9.32 Å². The van der Waals surface area contributed by atoms with Gasteiger partial charge < -0.3 is 14.7 Å². The summed E-state index contributed by atoms with van der Waals surface area (Å²) in [4.78, 5) is 22.7. The van der Waals surface area contributed by atoms with Crippen LogP contribution in [0.4, 0.5) is 5.69 Å². The highest BCUT2D eigenvalue weighted by molar-refractivity contribution is 5.79. The average Bonchev–Trinajstić information content (AvgIpc) is 3.51. The number of amides is 1. The number of fused-ring (bicyclic) bond motifs is 1. The van der Waals surface area contributed by atoms with E-state index in [0.717, 1.165) is 41.7 Å². The molecule has 4 aromatic rings. The molecule has 1 N–H and O–H groups in total. The summed E-state index contributed by atoms with van der Waals surface area (Å²) in [6.45, 7) is 7.17. The third kappa shape index (κ3) is 4.45. The lowest BCUT2D eigenvalue weighted by Crippen LogP contribution is -2.37. The minimum Gasteiger partial charge on any atom is -0.382 e. The van der Waals surface area contributed by atoms with Gasteiger partial charge in [-0.2, -0.15) is 15.0 Å². The van der Waals surface area contributed by atoms with E-state index in [9.17, 15) is 4.79 Å². The normalized spacial score (nSPS) is 16.0. The van der Waals surface area contributed by atoms with Gasteiger partial charge in [-0.25, -0.2) is 9.97 Å². The van der Waals surface area contributed by atoms with Crippen molar-refractivity contribution in [3.8, 4) is 23.2 Å². The number of hydrogen-bond donors (Lipinski definition) is 1. The predicted octanol–water partition coefficient (Wildman–Crippen LogP) is 3.89. The topological polar surface area (TPSA) is 126 Å². The standard InChI is InChI=1S/C25H26N8O2/c1-15(2)30-22-9-24(33-25-19(12-29-33)7-17(10-26)11-28-25)27-13-20(22)23-8-21(31-35-23)18-5-4-6-32(14-18)16(3)34/h7-9,11-13,15,18H,4-6,14H2,1-3H3,(H,27,30)/t18-/m0/s1. The Hall–Kier alpha value is -4.26. The highest BCUT2D eigenvalue weighted by atomic mass is 16.5. The molecule has 1 atom stereocenters. The molecule has 0 aromatic carbocycles. The lowest BCUT2D eigenvalue weighted by atomic mass is 9.94. The number of pyridine rings is 2. The smallest absolute Gasteiger partial charge is 0.219 e. The number of aromatic nitrogens is 5. The van der Waals surface area contributed by atoms with Gasteiger partial charge in [0.25, 0.3) is 0 Å². The maximum atomic E-state index is 11.8. The second-order valence-corrected chi connectivity index (χ2v) is 9.11. The van der Waals surface area contributed by atoms with Crippen LogP contribution in [0.25, 0.3) is 28.2 Å². The van der Waals surface area contributed by atoms with Crippen LogP contribution in [0.1, 0.15) is 50.8 Å². The van der Waals surface area contributed by atoms with E-state index in [0.29, 0.717) is 29.3 Å². The Balaban J connectivity index is 1.49. The summed E-state index contributed by atoms with van der Waals surface area (Å²) < 4.78 is 7.40. The molecule has 10 nitrogen and oxygen atoms in total. The van der Waals surface area contributed by atoms with Gasteiger partial charge in [-0.05, 0) is 32.8 Å². The van der Waals surface area contributed by atoms with Crippen molar-refractivity contribution in [3.05, 3.63) is 48.0 Å². The molecular formula is C25H26N8O2. The van der Waals surface area contributed by atoms with Crippen LogP contribution in [0.15, 0.2) is 41.3 Å². The molecule has 1 saturated heterocycles. The van der Waals surface area contributed by atoms with Gasteiger partial charge >= 0.3 is 0 Å². The number of nitrogens with zero attached hydrogens (tertiary/aromatic N) is 7. The molecule has 10 heteroatoms. The fraction of sp³-hybridized carbons (Fsp3) is 0.360. The number of nitriles is 1. The van der Waals surface area contributed by atoms with Crippen LogP contribution in [-0.4, -0.2) is 54.8 Å². The number of rotatable bonds is 5. The number of hydrogen-bond acceptors (Lipinski definition) is 8. The van der Waals surface area contributed by atoms with Gasteiger partial charge in [0.1, 0.15) is 6.07 Å². The van der Waals surface area contributed by atoms with Crippen LogP contribution in [0.3, 0.4) is 0 Å². The van der Waals surface area contributed by atoms with Gasteiger partial charge in [0.15, 0.2) is 17.2 Å². The second kappa shape index (κ2) is 9.18. The number of piperidine rings is 1. The van der Waals surface area contributed by atoms with Gasteiger partial charge in [0.05, 0.1) is 28.7 Å². The zero-order chi connectivity index (χ0) is 24.5. The summed E-state index contributed by atoms with van der Waals surface area (Å²) in [7, 11) is 0. The van der Waals surface area contributed by atoms with Crippen LogP contribution < -0.4 is 5.32 Å². The first-order valence-electron chi connectivity index (χ1n) is 11.7. The van der Waals surface area contributed by atoms with Gasteiger partial charge in [0.2, 0.25) is 5.91 Å². The highest BCUT2D eigenvalue weighted by Crippen LogP contribution is 2.34. The van der Waals surface area contributed by atoms with Crippen LogP contribution in [0.2, 0.25) is 0 Å². The summed E-state index contributed by atoms with van der Waals surface area (Å²) in [5.74, 6) is 1.45. The Kier molecular flexibility index (Phi) is 5.91. The molecule has 1 amide bonds. The van der Waals surface area contributed by atoms with Crippen LogP contribution >= 0.6 is 0 Å². The number of carbonyl (C=O) groups excluding carboxylic acids is 1. The van der Waals surface area contributed by atoms with Crippen molar-refractivity contribution in [1.29, 1.82) is 5.26 Å². The monoisotopic (exact) mass is 470 g/mol. The first kappa shape index (κ1) is 22.5. The zero-order valence-corrected chi connectivity index (χ0v) is 19.9. The number of anilines is 1. The fourth-order valence-corrected chi connectivity index (χ4v) is 4.45. The molecule has 178 valence electrons. The van der Waals surface area contributed by atoms with Crippen LogP contribution in [0.5, 0.6) is 0 Å². The van der Waals surface area contributed by atoms with Gasteiger partial charge in [0, 0.05) is 61.9 Å². The molecule has 0 radical (unpaired) electrons. The Morgan fingerprint density at radius 3 is 2.86 bits per heavy atom. The Morgan fingerprint density at radius 2 is 2.09 bits per heavy atom. The van der Waals surface area contributed by atoms with E-state index in [4.69, 9.17) is 9.78 Å². The molecule has 1 aliphatic heterocycles. The van der Waals surface area contributed by atoms with Crippen molar-refractivity contribution in [3.63, 3.8) is 0 Å². The molecule has 35 heavy (non-hydrogen) atoms. The Bertz CT molecular complexity index is 1430. The Labute approximate surface area is 202 Å². The quantitative estimate of drug-likeness (QED) is 0.466. The first-order valence-corrected chi connectivity index (χ1v) is 11.7. The van der Waals surface area contributed by atoms with E-state index in [2.05, 4.69) is 45.5 Å². The molecular weight excluding hydrogens is 444 g/mol. The maximum absolute atomic E-state index is 11.8. The third-order valence-corrected chi connectivity index (χ3v) is 6.17. The van der Waals surface area contributed by atoms with Gasteiger partial charge in [-0.1, -0.05) is 5.16 Å². The van der Waals surface area contributed by atoms with Crippen molar-refractivity contribution in [2.24, 2.45) is 0 Å². The zero-order valence-electron chi connectivity index (χ0n) is 19.9. The molecule has 0 unspecified atom stereocenters. The largest absolute Gasteiger partial charge is 0.382 e. The van der Waals surface area contributed by atoms with E-state index in [1.54, 1.807) is 30.1 Å². The molecule has 0 bridgehead atoms. The molecule has 4 aromatic heterocycles. The SMILES string of the molecule is CC(=O)N1CCC[C@H](c2cc(-c3cnc(-n4ncc5cc(C#N)cnc54)cc3NC(C)C)on2)C1. The van der Waals surface area contributed by atoms with E-state index < -0.39 is 0 Å². The fourth-order valence-electron chi connectivity index (χ4n) is 4.45. The summed E-state index contributed by atoms with van der Waals surface area (Å²) in [6.07, 6.45) is 6.86. The summed E-state index contributed by atoms with van der Waals surface area (Å²) >= 11 is 0. The van der Waals surface area contributed by atoms with Crippen LogP contribution in [-0.2, 0) is 4.79 Å². The molecule has 1 fully saturated rings. The minimum atomic E-state index is 0.0890. The maximum Gasteiger partial charge on any atom is 0.219 e. The summed E-state index contributed by atoms with van der Waals surface area (Å²) in [6, 6.07) is 7.87. The molecule has 1 aliphatic rings. The molecule has 0 saturated carbocycles. The lowest BCUT2D eigenvalue weighted by Gasteiger charge is -2.30. The van der Waals surface area contributed by atoms with Crippen LogP contribution in [0, 0.1) is 11.3 Å². The number of nitrogens with one attached hydrogen (secondary N) is 1. The van der Waals surface area contributed by atoms with Crippen molar-refractivity contribution in [1.82, 2.24) is 29.8 Å². The van der Waals surface area contributed by atoms with Crippen molar-refractivity contribution in [2.45, 2.75) is 45.6 Å².